The minimum absolute atomic E-state index is 0.295. The molecule has 1 N–H and O–H groups in total. The van der Waals surface area contributed by atoms with Crippen molar-refractivity contribution in [3.63, 3.8) is 0 Å². The van der Waals surface area contributed by atoms with Crippen molar-refractivity contribution in [3.8, 4) is 0 Å². The second-order valence-electron chi connectivity index (χ2n) is 4.63. The number of hydrogen-bond acceptors (Lipinski definition) is 1. The zero-order valence-corrected chi connectivity index (χ0v) is 7.25. The van der Waals surface area contributed by atoms with Crippen LogP contribution in [0.25, 0.3) is 0 Å². The third-order valence-corrected chi connectivity index (χ3v) is 3.92. The van der Waals surface area contributed by atoms with Gasteiger partial charge >= 0.3 is 0 Å². The van der Waals surface area contributed by atoms with E-state index in [0.717, 1.165) is 30.6 Å². The van der Waals surface area contributed by atoms with E-state index in [1.165, 1.54) is 19.3 Å². The highest BCUT2D eigenvalue weighted by Gasteiger charge is 2.50. The first-order chi connectivity index (χ1) is 5.84. The zero-order valence-electron chi connectivity index (χ0n) is 7.25. The second kappa shape index (κ2) is 2.24. The molecule has 12 heavy (non-hydrogen) atoms. The van der Waals surface area contributed by atoms with Crippen molar-refractivity contribution in [1.82, 2.24) is 5.32 Å². The Balaban J connectivity index is 1.78. The maximum absolute atomic E-state index is 11.2. The van der Waals surface area contributed by atoms with Gasteiger partial charge in [-0.1, -0.05) is 0 Å². The van der Waals surface area contributed by atoms with Gasteiger partial charge in [0.15, 0.2) is 0 Å². The number of rotatable bonds is 0. The second-order valence-corrected chi connectivity index (χ2v) is 4.63. The van der Waals surface area contributed by atoms with Crippen LogP contribution in [0.1, 0.15) is 32.1 Å². The summed E-state index contributed by atoms with van der Waals surface area (Å²) in [6, 6.07) is 0.574. The molecule has 2 heteroatoms. The van der Waals surface area contributed by atoms with E-state index in [4.69, 9.17) is 0 Å². The first-order valence-electron chi connectivity index (χ1n) is 5.14. The van der Waals surface area contributed by atoms with Crippen molar-refractivity contribution in [1.29, 1.82) is 0 Å². The zero-order chi connectivity index (χ0) is 8.13. The number of hydrogen-bond donors (Lipinski definition) is 1. The quantitative estimate of drug-likeness (QED) is 0.576. The van der Waals surface area contributed by atoms with Crippen molar-refractivity contribution in [2.24, 2.45) is 17.8 Å². The summed E-state index contributed by atoms with van der Waals surface area (Å²) in [6.07, 6.45) is 6.12. The van der Waals surface area contributed by atoms with Crippen LogP contribution >= 0.6 is 0 Å². The van der Waals surface area contributed by atoms with Gasteiger partial charge in [-0.15, -0.1) is 0 Å². The average molecular weight is 165 g/mol. The van der Waals surface area contributed by atoms with Gasteiger partial charge in [-0.2, -0.15) is 0 Å². The third-order valence-electron chi connectivity index (χ3n) is 3.92. The van der Waals surface area contributed by atoms with Gasteiger partial charge in [-0.05, 0) is 43.4 Å². The van der Waals surface area contributed by atoms with Crippen LogP contribution in [0.5, 0.6) is 0 Å². The number of piperidine rings is 1. The monoisotopic (exact) mass is 165 g/mol. The van der Waals surface area contributed by atoms with Crippen LogP contribution < -0.4 is 5.32 Å². The molecule has 0 bridgehead atoms. The fourth-order valence-electron chi connectivity index (χ4n) is 3.12. The SMILES string of the molecule is O=C1CCC2CCC3CC3C2N1. The van der Waals surface area contributed by atoms with Gasteiger partial charge in [0.05, 0.1) is 0 Å². The number of carbonyl (C=O) groups is 1. The predicted octanol–water partition coefficient (Wildman–Crippen LogP) is 1.31. The van der Waals surface area contributed by atoms with Gasteiger partial charge in [-0.25, -0.2) is 0 Å². The highest BCUT2D eigenvalue weighted by Crippen LogP contribution is 2.53. The van der Waals surface area contributed by atoms with Gasteiger partial charge in [0.2, 0.25) is 5.91 Å². The summed E-state index contributed by atoms with van der Waals surface area (Å²) in [5.74, 6) is 2.97. The molecule has 1 heterocycles. The Kier molecular flexibility index (Phi) is 1.29. The van der Waals surface area contributed by atoms with E-state index < -0.39 is 0 Å². The van der Waals surface area contributed by atoms with Crippen LogP contribution in [-0.4, -0.2) is 11.9 Å². The lowest BCUT2D eigenvalue weighted by Gasteiger charge is -2.35. The number of amides is 1. The molecule has 4 unspecified atom stereocenters. The molecule has 1 aliphatic heterocycles. The lowest BCUT2D eigenvalue weighted by Crippen LogP contribution is -2.48. The minimum atomic E-state index is 0.295. The van der Waals surface area contributed by atoms with Crippen molar-refractivity contribution in [2.75, 3.05) is 0 Å². The lowest BCUT2D eigenvalue weighted by atomic mass is 9.79. The van der Waals surface area contributed by atoms with E-state index in [1.54, 1.807) is 0 Å². The first kappa shape index (κ1) is 6.93. The molecule has 3 rings (SSSR count). The Labute approximate surface area is 72.7 Å². The molecule has 1 amide bonds. The van der Waals surface area contributed by atoms with Crippen LogP contribution in [0.15, 0.2) is 0 Å². The number of fused-ring (bicyclic) bond motifs is 3. The fourth-order valence-corrected chi connectivity index (χ4v) is 3.12. The molecule has 66 valence electrons. The van der Waals surface area contributed by atoms with Crippen LogP contribution in [0.4, 0.5) is 0 Å². The van der Waals surface area contributed by atoms with Crippen molar-refractivity contribution in [2.45, 2.75) is 38.1 Å². The highest BCUT2D eigenvalue weighted by atomic mass is 16.1. The lowest BCUT2D eigenvalue weighted by molar-refractivity contribution is -0.125. The summed E-state index contributed by atoms with van der Waals surface area (Å²) in [4.78, 5) is 11.2. The van der Waals surface area contributed by atoms with E-state index >= 15 is 0 Å². The molecule has 2 saturated carbocycles. The number of carbonyl (C=O) groups excluding carboxylic acids is 1. The summed E-state index contributed by atoms with van der Waals surface area (Å²) in [5.41, 5.74) is 0. The Morgan fingerprint density at radius 3 is 2.92 bits per heavy atom. The predicted molar refractivity (Wildman–Crippen MR) is 45.5 cm³/mol. The fraction of sp³-hybridized carbons (Fsp3) is 0.900. The summed E-state index contributed by atoms with van der Waals surface area (Å²) >= 11 is 0. The maximum Gasteiger partial charge on any atom is 0.220 e. The van der Waals surface area contributed by atoms with E-state index in [-0.39, 0.29) is 0 Å². The highest BCUT2D eigenvalue weighted by molar-refractivity contribution is 5.77. The van der Waals surface area contributed by atoms with Gasteiger partial charge in [0, 0.05) is 12.5 Å². The smallest absolute Gasteiger partial charge is 0.220 e. The van der Waals surface area contributed by atoms with Gasteiger partial charge in [0.1, 0.15) is 0 Å². The van der Waals surface area contributed by atoms with E-state index in [0.29, 0.717) is 11.9 Å². The molecule has 0 aromatic rings. The summed E-state index contributed by atoms with van der Waals surface area (Å²) in [6.45, 7) is 0. The third kappa shape index (κ3) is 0.900. The molecule has 2 aliphatic carbocycles. The van der Waals surface area contributed by atoms with Crippen molar-refractivity contribution < 1.29 is 4.79 Å². The normalized spacial score (nSPS) is 50.5. The van der Waals surface area contributed by atoms with Crippen LogP contribution in [-0.2, 0) is 4.79 Å². The molecule has 0 aromatic heterocycles. The Morgan fingerprint density at radius 2 is 2.00 bits per heavy atom. The summed E-state index contributed by atoms with van der Waals surface area (Å²) in [7, 11) is 0. The van der Waals surface area contributed by atoms with E-state index in [2.05, 4.69) is 5.32 Å². The van der Waals surface area contributed by atoms with E-state index in [9.17, 15) is 4.79 Å². The van der Waals surface area contributed by atoms with Crippen LogP contribution in [0.2, 0.25) is 0 Å². The topological polar surface area (TPSA) is 29.1 Å². The van der Waals surface area contributed by atoms with Crippen LogP contribution in [0, 0.1) is 17.8 Å². The summed E-state index contributed by atoms with van der Waals surface area (Å²) in [5, 5.41) is 3.17. The molecule has 4 atom stereocenters. The molecule has 2 nitrogen and oxygen atoms in total. The van der Waals surface area contributed by atoms with Crippen LogP contribution in [0.3, 0.4) is 0 Å². The Hall–Kier alpha value is -0.530. The molecule has 0 aromatic carbocycles. The Bertz CT molecular complexity index is 226. The molecular weight excluding hydrogens is 150 g/mol. The van der Waals surface area contributed by atoms with Gasteiger partial charge in [-0.3, -0.25) is 4.79 Å². The largest absolute Gasteiger partial charge is 0.353 e. The standard InChI is InChI=1S/C10H15NO/c12-9-4-3-6-1-2-7-5-8(7)10(6)11-9/h6-8,10H,1-5H2,(H,11,12). The van der Waals surface area contributed by atoms with Crippen molar-refractivity contribution >= 4 is 5.91 Å². The first-order valence-corrected chi connectivity index (χ1v) is 5.14. The molecule has 0 spiro atoms. The average Bonchev–Trinajstić information content (AvgIpc) is 2.82. The molecule has 3 aliphatic rings. The molecule has 0 radical (unpaired) electrons. The molecule has 3 fully saturated rings. The number of nitrogens with one attached hydrogen (secondary N) is 1. The summed E-state index contributed by atoms with van der Waals surface area (Å²) < 4.78 is 0. The minimum Gasteiger partial charge on any atom is -0.353 e. The van der Waals surface area contributed by atoms with Gasteiger partial charge < -0.3 is 5.32 Å². The maximum atomic E-state index is 11.2. The van der Waals surface area contributed by atoms with Crippen molar-refractivity contribution in [3.05, 3.63) is 0 Å². The molecular formula is C10H15NO. The molecule has 1 saturated heterocycles. The Morgan fingerprint density at radius 1 is 1.17 bits per heavy atom. The van der Waals surface area contributed by atoms with Gasteiger partial charge in [0.25, 0.3) is 0 Å². The van der Waals surface area contributed by atoms with E-state index in [1.807, 2.05) is 0 Å².